The molecule has 0 aliphatic heterocycles. The number of methoxy groups -OCH3 is 2. The van der Waals surface area contributed by atoms with Crippen LogP contribution in [0.5, 0.6) is 11.5 Å². The van der Waals surface area contributed by atoms with E-state index in [1.54, 1.807) is 19.1 Å². The summed E-state index contributed by atoms with van der Waals surface area (Å²) in [5, 5.41) is 0. The summed E-state index contributed by atoms with van der Waals surface area (Å²) in [4.78, 5) is 25.8. The molecule has 0 fully saturated rings. The number of hydrogen-bond acceptors (Lipinski definition) is 5. The van der Waals surface area contributed by atoms with Crippen LogP contribution in [0.1, 0.15) is 39.0 Å². The van der Waals surface area contributed by atoms with Gasteiger partial charge in [0.05, 0.1) is 14.2 Å². The van der Waals surface area contributed by atoms with Crippen molar-refractivity contribution < 1.29 is 23.8 Å². The van der Waals surface area contributed by atoms with Gasteiger partial charge in [0.15, 0.2) is 6.10 Å². The van der Waals surface area contributed by atoms with Crippen molar-refractivity contribution in [2.75, 3.05) is 14.2 Å². The van der Waals surface area contributed by atoms with Crippen LogP contribution in [0.3, 0.4) is 0 Å². The van der Waals surface area contributed by atoms with E-state index in [1.165, 1.54) is 20.3 Å². The van der Waals surface area contributed by atoms with Crippen molar-refractivity contribution in [2.45, 2.75) is 26.9 Å². The zero-order valence-electron chi connectivity index (χ0n) is 17.8. The lowest BCUT2D eigenvalue weighted by Gasteiger charge is -2.15. The lowest BCUT2D eigenvalue weighted by atomic mass is 10.1. The van der Waals surface area contributed by atoms with Gasteiger partial charge in [0.2, 0.25) is 5.78 Å². The Bertz CT molecular complexity index is 1070. The first-order valence-electron chi connectivity index (χ1n) is 9.59. The molecule has 3 rings (SSSR count). The molecule has 1 aromatic heterocycles. The van der Waals surface area contributed by atoms with Gasteiger partial charge in [0, 0.05) is 22.6 Å². The minimum atomic E-state index is -0.960. The van der Waals surface area contributed by atoms with Gasteiger partial charge in [-0.05, 0) is 57.2 Å². The molecule has 2 aromatic carbocycles. The van der Waals surface area contributed by atoms with Crippen LogP contribution in [-0.4, -0.2) is 36.6 Å². The van der Waals surface area contributed by atoms with Crippen molar-refractivity contribution in [3.8, 4) is 17.2 Å². The number of carbonyl (C=O) groups is 2. The van der Waals surface area contributed by atoms with E-state index in [0.29, 0.717) is 17.1 Å². The van der Waals surface area contributed by atoms with E-state index in [9.17, 15) is 9.59 Å². The summed E-state index contributed by atoms with van der Waals surface area (Å²) >= 11 is 0. The van der Waals surface area contributed by atoms with Gasteiger partial charge >= 0.3 is 5.97 Å². The number of aromatic nitrogens is 1. The van der Waals surface area contributed by atoms with Crippen LogP contribution in [0.25, 0.3) is 5.69 Å². The lowest BCUT2D eigenvalue weighted by molar-refractivity contribution is 0.0315. The maximum absolute atomic E-state index is 13.1. The van der Waals surface area contributed by atoms with Crippen LogP contribution in [0.2, 0.25) is 0 Å². The molecule has 6 heteroatoms. The van der Waals surface area contributed by atoms with E-state index in [-0.39, 0.29) is 11.3 Å². The number of rotatable bonds is 7. The van der Waals surface area contributed by atoms with Crippen LogP contribution >= 0.6 is 0 Å². The SMILES string of the molecule is COc1ccc(OC)c(C(=O)O[C@@H](C)C(=O)c2cc(C)n(-c3ccccc3)c2C)c1. The topological polar surface area (TPSA) is 66.8 Å². The zero-order valence-corrected chi connectivity index (χ0v) is 17.8. The summed E-state index contributed by atoms with van der Waals surface area (Å²) in [5.74, 6) is -0.0696. The second kappa shape index (κ2) is 8.86. The second-order valence-corrected chi connectivity index (χ2v) is 6.93. The monoisotopic (exact) mass is 407 g/mol. The summed E-state index contributed by atoms with van der Waals surface area (Å²) in [6, 6.07) is 16.4. The minimum Gasteiger partial charge on any atom is -0.497 e. The maximum Gasteiger partial charge on any atom is 0.342 e. The fraction of sp³-hybridized carbons (Fsp3) is 0.250. The highest BCUT2D eigenvalue weighted by molar-refractivity contribution is 6.03. The largest absolute Gasteiger partial charge is 0.497 e. The quantitative estimate of drug-likeness (QED) is 0.425. The molecular formula is C24H25NO5. The molecule has 3 aromatic rings. The van der Waals surface area contributed by atoms with Gasteiger partial charge in [0.25, 0.3) is 0 Å². The van der Waals surface area contributed by atoms with E-state index in [1.807, 2.05) is 54.8 Å². The van der Waals surface area contributed by atoms with Gasteiger partial charge in [-0.25, -0.2) is 4.79 Å². The van der Waals surface area contributed by atoms with Crippen LogP contribution in [0.4, 0.5) is 0 Å². The van der Waals surface area contributed by atoms with Crippen molar-refractivity contribution >= 4 is 11.8 Å². The van der Waals surface area contributed by atoms with Gasteiger partial charge in [0.1, 0.15) is 17.1 Å². The Hall–Kier alpha value is -3.54. The molecule has 0 N–H and O–H groups in total. The number of hydrogen-bond donors (Lipinski definition) is 0. The summed E-state index contributed by atoms with van der Waals surface area (Å²) in [7, 11) is 2.97. The van der Waals surface area contributed by atoms with Crippen molar-refractivity contribution in [2.24, 2.45) is 0 Å². The third kappa shape index (κ3) is 4.08. The van der Waals surface area contributed by atoms with Gasteiger partial charge in [-0.2, -0.15) is 0 Å². The Morgan fingerprint density at radius 1 is 0.900 bits per heavy atom. The van der Waals surface area contributed by atoms with Crippen LogP contribution in [0, 0.1) is 13.8 Å². The van der Waals surface area contributed by atoms with Crippen molar-refractivity contribution in [3.05, 3.63) is 77.1 Å². The summed E-state index contributed by atoms with van der Waals surface area (Å²) in [5.41, 5.74) is 3.42. The molecule has 156 valence electrons. The molecule has 0 unspecified atom stereocenters. The first-order chi connectivity index (χ1) is 14.4. The number of nitrogens with zero attached hydrogens (tertiary/aromatic N) is 1. The van der Waals surface area contributed by atoms with Crippen molar-refractivity contribution in [1.82, 2.24) is 4.57 Å². The van der Waals surface area contributed by atoms with Crippen molar-refractivity contribution in [1.29, 1.82) is 0 Å². The van der Waals surface area contributed by atoms with Gasteiger partial charge < -0.3 is 18.8 Å². The van der Waals surface area contributed by atoms with E-state index in [0.717, 1.165) is 17.1 Å². The highest BCUT2D eigenvalue weighted by Gasteiger charge is 2.26. The summed E-state index contributed by atoms with van der Waals surface area (Å²) in [6.45, 7) is 5.39. The first kappa shape index (κ1) is 21.2. The number of ether oxygens (including phenoxy) is 3. The van der Waals surface area contributed by atoms with Crippen molar-refractivity contribution in [3.63, 3.8) is 0 Å². The number of ketones is 1. The number of para-hydroxylation sites is 1. The Kier molecular flexibility index (Phi) is 6.26. The zero-order chi connectivity index (χ0) is 21.8. The average Bonchev–Trinajstić information content (AvgIpc) is 3.06. The Labute approximate surface area is 176 Å². The second-order valence-electron chi connectivity index (χ2n) is 6.93. The van der Waals surface area contributed by atoms with E-state index >= 15 is 0 Å². The predicted octanol–water partition coefficient (Wildman–Crippen LogP) is 4.54. The van der Waals surface area contributed by atoms with E-state index < -0.39 is 12.1 Å². The van der Waals surface area contributed by atoms with Gasteiger partial charge in [-0.3, -0.25) is 4.79 Å². The fourth-order valence-electron chi connectivity index (χ4n) is 3.46. The van der Waals surface area contributed by atoms with Gasteiger partial charge in [-0.15, -0.1) is 0 Å². The predicted molar refractivity (Wildman–Crippen MR) is 114 cm³/mol. The molecule has 0 amide bonds. The minimum absolute atomic E-state index is 0.200. The fourth-order valence-corrected chi connectivity index (χ4v) is 3.46. The Morgan fingerprint density at radius 3 is 2.23 bits per heavy atom. The van der Waals surface area contributed by atoms with Crippen LogP contribution in [0.15, 0.2) is 54.6 Å². The van der Waals surface area contributed by atoms with Gasteiger partial charge in [-0.1, -0.05) is 18.2 Å². The lowest BCUT2D eigenvalue weighted by Crippen LogP contribution is -2.25. The standard InChI is InChI=1S/C24H25NO5/c1-15-13-20(16(2)25(15)18-9-7-6-8-10-18)23(26)17(3)30-24(27)21-14-19(28-4)11-12-22(21)29-5/h6-14,17H,1-5H3/t17-/m0/s1. The molecule has 6 nitrogen and oxygen atoms in total. The highest BCUT2D eigenvalue weighted by Crippen LogP contribution is 2.26. The molecule has 0 aliphatic rings. The van der Waals surface area contributed by atoms with Crippen LogP contribution < -0.4 is 9.47 Å². The average molecular weight is 407 g/mol. The number of esters is 1. The molecule has 0 saturated carbocycles. The molecule has 30 heavy (non-hydrogen) atoms. The third-order valence-corrected chi connectivity index (χ3v) is 4.99. The number of carbonyl (C=O) groups excluding carboxylic acids is 2. The number of benzene rings is 2. The smallest absolute Gasteiger partial charge is 0.342 e. The molecular weight excluding hydrogens is 382 g/mol. The third-order valence-electron chi connectivity index (χ3n) is 4.99. The molecule has 0 spiro atoms. The molecule has 1 atom stereocenters. The number of Topliss-reactive ketones (excluding diaryl/α,β-unsaturated/α-hetero) is 1. The molecule has 0 aliphatic carbocycles. The molecule has 0 saturated heterocycles. The Balaban J connectivity index is 1.84. The molecule has 0 bridgehead atoms. The molecule has 0 radical (unpaired) electrons. The molecule has 1 heterocycles. The first-order valence-corrected chi connectivity index (χ1v) is 9.59. The summed E-state index contributed by atoms with van der Waals surface area (Å²) in [6.07, 6.45) is -0.960. The highest BCUT2D eigenvalue weighted by atomic mass is 16.5. The summed E-state index contributed by atoms with van der Waals surface area (Å²) < 4.78 is 17.9. The van der Waals surface area contributed by atoms with E-state index in [2.05, 4.69) is 0 Å². The normalized spacial score (nSPS) is 11.6. The maximum atomic E-state index is 13.1. The number of aryl methyl sites for hydroxylation is 1. The van der Waals surface area contributed by atoms with E-state index in [4.69, 9.17) is 14.2 Å². The Morgan fingerprint density at radius 2 is 1.60 bits per heavy atom. The van der Waals surface area contributed by atoms with Crippen LogP contribution in [-0.2, 0) is 4.74 Å².